The maximum absolute atomic E-state index is 12.4. The molecule has 0 spiro atoms. The van der Waals surface area contributed by atoms with Gasteiger partial charge in [0.2, 0.25) is 5.91 Å². The number of carbonyl (C=O) groups is 1. The van der Waals surface area contributed by atoms with Crippen LogP contribution in [0.3, 0.4) is 0 Å². The van der Waals surface area contributed by atoms with Crippen LogP contribution in [0.1, 0.15) is 32.4 Å². The molecule has 0 saturated carbocycles. The number of imidazole rings is 1. The maximum Gasteiger partial charge on any atom is 0.225 e. The molecule has 0 N–H and O–H groups in total. The lowest BCUT2D eigenvalue weighted by Gasteiger charge is -2.24. The number of nitrogens with zero attached hydrogens (tertiary/aromatic N) is 4. The van der Waals surface area contributed by atoms with Crippen molar-refractivity contribution in [3.05, 3.63) is 35.2 Å². The number of halogens is 1. The first-order chi connectivity index (χ1) is 11.6. The summed E-state index contributed by atoms with van der Waals surface area (Å²) in [5, 5.41) is 0.709. The average molecular weight is 349 g/mol. The Morgan fingerprint density at radius 2 is 2.08 bits per heavy atom. The Hall–Kier alpha value is -1.59. The molecular weight excluding hydrogens is 324 g/mol. The van der Waals surface area contributed by atoms with E-state index in [0.717, 1.165) is 56.9 Å². The molecule has 1 atom stereocenters. The minimum absolute atomic E-state index is 0.125. The largest absolute Gasteiger partial charge is 0.341 e. The standard InChI is InChI=1S/C18H25ClN4O/c1-3-14(2)18(24)22-8-4-7-21(9-10-22)12-16-13-23-11-15(19)5-6-17(23)20-16/h5-6,11,13-14H,3-4,7-10,12H2,1-2H3. The van der Waals surface area contributed by atoms with Crippen molar-refractivity contribution < 1.29 is 4.79 Å². The zero-order valence-corrected chi connectivity index (χ0v) is 15.2. The van der Waals surface area contributed by atoms with Crippen molar-refractivity contribution in [1.29, 1.82) is 0 Å². The fourth-order valence-electron chi connectivity index (χ4n) is 3.16. The molecule has 24 heavy (non-hydrogen) atoms. The van der Waals surface area contributed by atoms with Crippen molar-refractivity contribution in [2.75, 3.05) is 26.2 Å². The summed E-state index contributed by atoms with van der Waals surface area (Å²) < 4.78 is 1.97. The Labute approximate surface area is 148 Å². The van der Waals surface area contributed by atoms with Gasteiger partial charge in [0.15, 0.2) is 0 Å². The lowest BCUT2D eigenvalue weighted by molar-refractivity contribution is -0.134. The molecule has 130 valence electrons. The van der Waals surface area contributed by atoms with Crippen LogP contribution in [0.4, 0.5) is 0 Å². The highest BCUT2D eigenvalue weighted by molar-refractivity contribution is 6.30. The molecule has 0 aromatic carbocycles. The highest BCUT2D eigenvalue weighted by atomic mass is 35.5. The van der Waals surface area contributed by atoms with E-state index in [9.17, 15) is 4.79 Å². The zero-order chi connectivity index (χ0) is 17.1. The van der Waals surface area contributed by atoms with E-state index in [1.807, 2.05) is 40.8 Å². The molecular formula is C18H25ClN4O. The number of hydrogen-bond donors (Lipinski definition) is 0. The van der Waals surface area contributed by atoms with Gasteiger partial charge in [0.1, 0.15) is 5.65 Å². The van der Waals surface area contributed by atoms with E-state index in [2.05, 4.69) is 16.8 Å². The van der Waals surface area contributed by atoms with Crippen LogP contribution in [-0.4, -0.2) is 51.3 Å². The minimum Gasteiger partial charge on any atom is -0.341 e. The molecule has 1 fully saturated rings. The Balaban J connectivity index is 1.62. The van der Waals surface area contributed by atoms with Crippen LogP contribution in [0.5, 0.6) is 0 Å². The monoisotopic (exact) mass is 348 g/mol. The summed E-state index contributed by atoms with van der Waals surface area (Å²) in [7, 11) is 0. The summed E-state index contributed by atoms with van der Waals surface area (Å²) in [4.78, 5) is 21.4. The predicted molar refractivity (Wildman–Crippen MR) is 96.1 cm³/mol. The number of carbonyl (C=O) groups excluding carboxylic acids is 1. The van der Waals surface area contributed by atoms with E-state index in [1.54, 1.807) is 0 Å². The summed E-state index contributed by atoms with van der Waals surface area (Å²) in [6.45, 7) is 8.47. The van der Waals surface area contributed by atoms with Crippen LogP contribution in [0, 0.1) is 5.92 Å². The SMILES string of the molecule is CCC(C)C(=O)N1CCCN(Cc2cn3cc(Cl)ccc3n2)CC1. The lowest BCUT2D eigenvalue weighted by Crippen LogP contribution is -2.38. The molecule has 0 radical (unpaired) electrons. The molecule has 1 amide bonds. The second-order valence-corrected chi connectivity index (χ2v) is 7.05. The van der Waals surface area contributed by atoms with Gasteiger partial charge in [0.25, 0.3) is 0 Å². The number of aromatic nitrogens is 2. The van der Waals surface area contributed by atoms with E-state index < -0.39 is 0 Å². The van der Waals surface area contributed by atoms with Crippen molar-refractivity contribution >= 4 is 23.2 Å². The third-order valence-electron chi connectivity index (χ3n) is 4.78. The third-order valence-corrected chi connectivity index (χ3v) is 5.01. The third kappa shape index (κ3) is 3.90. The van der Waals surface area contributed by atoms with Crippen molar-refractivity contribution in [3.8, 4) is 0 Å². The molecule has 0 aliphatic carbocycles. The first-order valence-electron chi connectivity index (χ1n) is 8.71. The fraction of sp³-hybridized carbons (Fsp3) is 0.556. The minimum atomic E-state index is 0.125. The van der Waals surface area contributed by atoms with Gasteiger partial charge >= 0.3 is 0 Å². The predicted octanol–water partition coefficient (Wildman–Crippen LogP) is 3.07. The maximum atomic E-state index is 12.4. The fourth-order valence-corrected chi connectivity index (χ4v) is 3.33. The molecule has 2 aromatic heterocycles. The summed E-state index contributed by atoms with van der Waals surface area (Å²) in [6.07, 6.45) is 5.83. The van der Waals surface area contributed by atoms with Gasteiger partial charge in [-0.1, -0.05) is 25.4 Å². The van der Waals surface area contributed by atoms with Gasteiger partial charge in [-0.15, -0.1) is 0 Å². The summed E-state index contributed by atoms with van der Waals surface area (Å²) in [6, 6.07) is 3.79. The molecule has 1 aliphatic heterocycles. The van der Waals surface area contributed by atoms with Gasteiger partial charge in [-0.25, -0.2) is 4.98 Å². The van der Waals surface area contributed by atoms with E-state index in [1.165, 1.54) is 0 Å². The number of amides is 1. The van der Waals surface area contributed by atoms with Gasteiger partial charge < -0.3 is 9.30 Å². The van der Waals surface area contributed by atoms with Gasteiger partial charge in [-0.3, -0.25) is 9.69 Å². The molecule has 3 heterocycles. The van der Waals surface area contributed by atoms with Gasteiger partial charge in [0.05, 0.1) is 10.7 Å². The zero-order valence-electron chi connectivity index (χ0n) is 14.4. The molecule has 3 rings (SSSR count). The number of rotatable bonds is 4. The average Bonchev–Trinajstić information content (AvgIpc) is 2.81. The van der Waals surface area contributed by atoms with E-state index >= 15 is 0 Å². The summed E-state index contributed by atoms with van der Waals surface area (Å²) >= 11 is 6.03. The summed E-state index contributed by atoms with van der Waals surface area (Å²) in [5.41, 5.74) is 1.96. The Kier molecular flexibility index (Phi) is 5.41. The van der Waals surface area contributed by atoms with Crippen LogP contribution in [0.15, 0.2) is 24.5 Å². The normalized spacial score (nSPS) is 17.9. The molecule has 6 heteroatoms. The number of hydrogen-bond acceptors (Lipinski definition) is 3. The van der Waals surface area contributed by atoms with Crippen LogP contribution in [-0.2, 0) is 11.3 Å². The van der Waals surface area contributed by atoms with Crippen molar-refractivity contribution in [3.63, 3.8) is 0 Å². The van der Waals surface area contributed by atoms with Crippen molar-refractivity contribution in [2.45, 2.75) is 33.2 Å². The lowest BCUT2D eigenvalue weighted by atomic mass is 10.1. The van der Waals surface area contributed by atoms with E-state index in [0.29, 0.717) is 10.9 Å². The van der Waals surface area contributed by atoms with E-state index in [4.69, 9.17) is 11.6 Å². The summed E-state index contributed by atoms with van der Waals surface area (Å²) in [5.74, 6) is 0.418. The second-order valence-electron chi connectivity index (χ2n) is 6.61. The molecule has 0 bridgehead atoms. The highest BCUT2D eigenvalue weighted by Gasteiger charge is 2.22. The molecule has 5 nitrogen and oxygen atoms in total. The second kappa shape index (κ2) is 7.53. The van der Waals surface area contributed by atoms with Gasteiger partial charge in [0, 0.05) is 51.0 Å². The van der Waals surface area contributed by atoms with Crippen LogP contribution < -0.4 is 0 Å². The number of pyridine rings is 1. The molecule has 1 saturated heterocycles. The Bertz CT molecular complexity index is 714. The van der Waals surface area contributed by atoms with Crippen LogP contribution in [0.25, 0.3) is 5.65 Å². The molecule has 2 aromatic rings. The molecule has 1 aliphatic rings. The van der Waals surface area contributed by atoms with E-state index in [-0.39, 0.29) is 5.92 Å². The van der Waals surface area contributed by atoms with Crippen molar-refractivity contribution in [2.24, 2.45) is 5.92 Å². The molecule has 1 unspecified atom stereocenters. The first kappa shape index (κ1) is 17.2. The quantitative estimate of drug-likeness (QED) is 0.852. The van der Waals surface area contributed by atoms with Crippen LogP contribution in [0.2, 0.25) is 5.02 Å². The topological polar surface area (TPSA) is 40.9 Å². The highest BCUT2D eigenvalue weighted by Crippen LogP contribution is 2.15. The van der Waals surface area contributed by atoms with Crippen LogP contribution >= 0.6 is 11.6 Å². The van der Waals surface area contributed by atoms with Gasteiger partial charge in [-0.2, -0.15) is 0 Å². The Morgan fingerprint density at radius 3 is 2.88 bits per heavy atom. The first-order valence-corrected chi connectivity index (χ1v) is 9.09. The van der Waals surface area contributed by atoms with Gasteiger partial charge in [-0.05, 0) is 25.0 Å². The smallest absolute Gasteiger partial charge is 0.225 e. The Morgan fingerprint density at radius 1 is 1.25 bits per heavy atom. The number of fused-ring (bicyclic) bond motifs is 1. The van der Waals surface area contributed by atoms with Crippen molar-refractivity contribution in [1.82, 2.24) is 19.2 Å².